The highest BCUT2D eigenvalue weighted by molar-refractivity contribution is 7.71. The zero-order valence-electron chi connectivity index (χ0n) is 14.6. The number of hydrogen-bond acceptors (Lipinski definition) is 6. The molecule has 1 N–H and O–H groups in total. The number of rotatable bonds is 6. The normalized spacial score (nSPS) is 10.9. The topological polar surface area (TPSA) is 73.7 Å². The summed E-state index contributed by atoms with van der Waals surface area (Å²) in [4.78, 5) is 0. The van der Waals surface area contributed by atoms with Gasteiger partial charge in [0.25, 0.3) is 0 Å². The first-order chi connectivity index (χ1) is 12.7. The quantitative estimate of drug-likeness (QED) is 0.531. The molecule has 0 unspecified atom stereocenters. The molecule has 1 heterocycles. The van der Waals surface area contributed by atoms with Gasteiger partial charge in [-0.3, -0.25) is 0 Å². The minimum atomic E-state index is 0.388. The van der Waals surface area contributed by atoms with E-state index in [1.807, 2.05) is 36.4 Å². The van der Waals surface area contributed by atoms with Crippen molar-refractivity contribution in [2.24, 2.45) is 5.10 Å². The highest BCUT2D eigenvalue weighted by atomic mass is 32.1. The molecular formula is C18H18N4O3S. The number of aromatic nitrogens is 3. The second-order valence-corrected chi connectivity index (χ2v) is 5.59. The molecular weight excluding hydrogens is 352 g/mol. The van der Waals surface area contributed by atoms with Gasteiger partial charge in [-0.15, -0.1) is 0 Å². The van der Waals surface area contributed by atoms with Crippen LogP contribution in [0.5, 0.6) is 17.2 Å². The molecule has 7 nitrogen and oxygen atoms in total. The van der Waals surface area contributed by atoms with E-state index in [-0.39, 0.29) is 0 Å². The van der Waals surface area contributed by atoms with Crippen molar-refractivity contribution >= 4 is 18.4 Å². The lowest BCUT2D eigenvalue weighted by Gasteiger charge is -2.13. The van der Waals surface area contributed by atoms with Crippen molar-refractivity contribution < 1.29 is 14.2 Å². The van der Waals surface area contributed by atoms with Gasteiger partial charge in [-0.25, -0.2) is 5.10 Å². The van der Waals surface area contributed by atoms with Crippen molar-refractivity contribution in [3.63, 3.8) is 0 Å². The number of benzene rings is 2. The maximum atomic E-state index is 5.47. The molecule has 0 aliphatic carbocycles. The monoisotopic (exact) mass is 370 g/mol. The van der Waals surface area contributed by atoms with E-state index < -0.39 is 0 Å². The predicted octanol–water partition coefficient (Wildman–Crippen LogP) is 3.52. The molecule has 0 bridgehead atoms. The van der Waals surface area contributed by atoms with Crippen molar-refractivity contribution in [3.05, 3.63) is 52.8 Å². The molecule has 1 aromatic heterocycles. The molecule has 0 fully saturated rings. The van der Waals surface area contributed by atoms with E-state index in [0.29, 0.717) is 33.4 Å². The second kappa shape index (κ2) is 7.83. The summed E-state index contributed by atoms with van der Waals surface area (Å²) in [7, 11) is 4.69. The third-order valence-electron chi connectivity index (χ3n) is 3.73. The molecule has 0 amide bonds. The Morgan fingerprint density at radius 1 is 1.00 bits per heavy atom. The van der Waals surface area contributed by atoms with Crippen molar-refractivity contribution in [1.29, 1.82) is 0 Å². The van der Waals surface area contributed by atoms with E-state index in [9.17, 15) is 0 Å². The van der Waals surface area contributed by atoms with E-state index in [4.69, 9.17) is 26.4 Å². The van der Waals surface area contributed by atoms with Crippen LogP contribution in [0.3, 0.4) is 0 Å². The molecule has 134 valence electrons. The average molecular weight is 370 g/mol. The Morgan fingerprint density at radius 3 is 2.38 bits per heavy atom. The van der Waals surface area contributed by atoms with E-state index in [2.05, 4.69) is 15.3 Å². The van der Waals surface area contributed by atoms with Gasteiger partial charge in [0, 0.05) is 11.1 Å². The Hall–Kier alpha value is -3.13. The zero-order chi connectivity index (χ0) is 18.5. The lowest BCUT2D eigenvalue weighted by atomic mass is 10.2. The molecule has 0 saturated carbocycles. The third-order valence-corrected chi connectivity index (χ3v) is 3.99. The van der Waals surface area contributed by atoms with Crippen LogP contribution in [0, 0.1) is 4.77 Å². The summed E-state index contributed by atoms with van der Waals surface area (Å²) in [5.41, 5.74) is 1.61. The molecule has 8 heteroatoms. The SMILES string of the molecule is COc1ccc(C=Nn2c(-c3ccccc3)n[nH]c2=S)c(OC)c1OC. The minimum Gasteiger partial charge on any atom is -0.493 e. The van der Waals surface area contributed by atoms with E-state index in [1.54, 1.807) is 38.3 Å². The van der Waals surface area contributed by atoms with Crippen LogP contribution < -0.4 is 14.2 Å². The largest absolute Gasteiger partial charge is 0.493 e. The van der Waals surface area contributed by atoms with E-state index >= 15 is 0 Å². The van der Waals surface area contributed by atoms with Crippen molar-refractivity contribution in [1.82, 2.24) is 14.9 Å². The molecule has 3 aromatic rings. The molecule has 0 aliphatic rings. The Labute approximate surface area is 155 Å². The summed E-state index contributed by atoms with van der Waals surface area (Å²) in [6, 6.07) is 13.3. The molecule has 0 atom stereocenters. The van der Waals surface area contributed by atoms with Crippen molar-refractivity contribution in [2.75, 3.05) is 21.3 Å². The van der Waals surface area contributed by atoms with Gasteiger partial charge in [-0.05, 0) is 24.4 Å². The first-order valence-electron chi connectivity index (χ1n) is 7.75. The third kappa shape index (κ3) is 3.31. The van der Waals surface area contributed by atoms with Crippen LogP contribution in [0.4, 0.5) is 0 Å². The van der Waals surface area contributed by atoms with Crippen LogP contribution >= 0.6 is 12.2 Å². The number of nitrogens with one attached hydrogen (secondary N) is 1. The average Bonchev–Trinajstić information content (AvgIpc) is 3.06. The summed E-state index contributed by atoms with van der Waals surface area (Å²) in [6.45, 7) is 0. The Kier molecular flexibility index (Phi) is 5.33. The Balaban J connectivity index is 2.05. The lowest BCUT2D eigenvalue weighted by Crippen LogP contribution is -2.00. The van der Waals surface area contributed by atoms with Crippen molar-refractivity contribution in [2.45, 2.75) is 0 Å². The molecule has 2 aromatic carbocycles. The molecule has 0 radical (unpaired) electrons. The number of methoxy groups -OCH3 is 3. The lowest BCUT2D eigenvalue weighted by molar-refractivity contribution is 0.324. The van der Waals surface area contributed by atoms with Crippen LogP contribution in [-0.2, 0) is 0 Å². The Morgan fingerprint density at radius 2 is 1.73 bits per heavy atom. The highest BCUT2D eigenvalue weighted by Crippen LogP contribution is 2.39. The zero-order valence-corrected chi connectivity index (χ0v) is 15.4. The van der Waals surface area contributed by atoms with Crippen molar-refractivity contribution in [3.8, 4) is 28.6 Å². The summed E-state index contributed by atoms with van der Waals surface area (Å²) in [6.07, 6.45) is 1.64. The smallest absolute Gasteiger partial charge is 0.216 e. The standard InChI is InChI=1S/C18H18N4O3S/c1-23-14-10-9-13(15(24-2)16(14)25-3)11-19-22-17(20-21-18(22)26)12-7-5-4-6-8-12/h4-11H,1-3H3,(H,21,26). The maximum absolute atomic E-state index is 5.47. The highest BCUT2D eigenvalue weighted by Gasteiger charge is 2.15. The van der Waals surface area contributed by atoms with Crippen LogP contribution in [0.15, 0.2) is 47.6 Å². The fraction of sp³-hybridized carbons (Fsp3) is 0.167. The number of nitrogens with zero attached hydrogens (tertiary/aromatic N) is 3. The van der Waals surface area contributed by atoms with Crippen LogP contribution in [-0.4, -0.2) is 42.4 Å². The maximum Gasteiger partial charge on any atom is 0.216 e. The van der Waals surface area contributed by atoms with Gasteiger partial charge < -0.3 is 14.2 Å². The summed E-state index contributed by atoms with van der Waals surface area (Å²) in [5, 5.41) is 11.5. The number of H-pyrrole nitrogens is 1. The number of aromatic amines is 1. The van der Waals surface area contributed by atoms with Gasteiger partial charge in [-0.1, -0.05) is 30.3 Å². The van der Waals surface area contributed by atoms with Gasteiger partial charge >= 0.3 is 0 Å². The van der Waals surface area contributed by atoms with E-state index in [0.717, 1.165) is 5.56 Å². The Bertz CT molecular complexity index is 980. The first kappa shape index (κ1) is 17.7. The van der Waals surface area contributed by atoms with Gasteiger partial charge in [0.1, 0.15) is 0 Å². The van der Waals surface area contributed by atoms with E-state index in [1.165, 1.54) is 0 Å². The predicted molar refractivity (Wildman–Crippen MR) is 102 cm³/mol. The number of hydrogen-bond donors (Lipinski definition) is 1. The molecule has 0 saturated heterocycles. The molecule has 0 aliphatic heterocycles. The summed E-state index contributed by atoms with van der Waals surface area (Å²) in [5.74, 6) is 2.21. The second-order valence-electron chi connectivity index (χ2n) is 5.20. The fourth-order valence-corrected chi connectivity index (χ4v) is 2.70. The molecule has 3 rings (SSSR count). The first-order valence-corrected chi connectivity index (χ1v) is 8.16. The van der Waals surface area contributed by atoms with Crippen LogP contribution in [0.1, 0.15) is 5.56 Å². The molecule has 0 spiro atoms. The summed E-state index contributed by atoms with van der Waals surface area (Å²) >= 11 is 5.29. The van der Waals surface area contributed by atoms with Crippen LogP contribution in [0.25, 0.3) is 11.4 Å². The van der Waals surface area contributed by atoms with Crippen LogP contribution in [0.2, 0.25) is 0 Å². The van der Waals surface area contributed by atoms with Gasteiger partial charge in [0.05, 0.1) is 27.5 Å². The summed E-state index contributed by atoms with van der Waals surface area (Å²) < 4.78 is 18.1. The minimum absolute atomic E-state index is 0.388. The van der Waals surface area contributed by atoms with Gasteiger partial charge in [0.2, 0.25) is 10.5 Å². The fourth-order valence-electron chi connectivity index (χ4n) is 2.52. The molecule has 26 heavy (non-hydrogen) atoms. The van der Waals surface area contributed by atoms with Gasteiger partial charge in [0.15, 0.2) is 17.3 Å². The van der Waals surface area contributed by atoms with Gasteiger partial charge in [-0.2, -0.15) is 14.9 Å². The number of ether oxygens (including phenoxy) is 3.